The number of hydrogen-bond acceptors (Lipinski definition) is 0. The topological polar surface area (TPSA) is 0 Å². The van der Waals surface area contributed by atoms with Crippen LogP contribution in [0.15, 0.2) is 0 Å². The van der Waals surface area contributed by atoms with Crippen molar-refractivity contribution in [2.45, 2.75) is 0 Å². The Bertz CT molecular complexity index is 4.35. The van der Waals surface area contributed by atoms with E-state index >= 15 is 0 Å². The van der Waals surface area contributed by atoms with Crippen LogP contribution >= 0.6 is 94.5 Å². The van der Waals surface area contributed by atoms with Crippen LogP contribution in [0.4, 0.5) is 0 Å². The Balaban J connectivity index is 0. The van der Waals surface area contributed by atoms with Crippen molar-refractivity contribution < 1.29 is 0 Å². The Morgan fingerprint density at radius 1 is 0.250 bits per heavy atom. The van der Waals surface area contributed by atoms with Crippen molar-refractivity contribution in [1.82, 2.24) is 0 Å². The molecule has 0 aromatic rings. The summed E-state index contributed by atoms with van der Waals surface area (Å²) in [6.45, 7) is 0. The van der Waals surface area contributed by atoms with Crippen LogP contribution < -0.4 is 0 Å². The normalized spacial score (nSPS) is 0. The molecule has 0 unspecified atom stereocenters. The maximum Gasteiger partial charge on any atom is 0 e. The summed E-state index contributed by atoms with van der Waals surface area (Å²) in [6, 6.07) is 0. The summed E-state index contributed by atoms with van der Waals surface area (Å²) in [7, 11) is 0. The van der Waals surface area contributed by atoms with Gasteiger partial charge in [0.15, 0.2) is 0 Å². The van der Waals surface area contributed by atoms with Gasteiger partial charge in [-0.05, 0) is 0 Å². The minimum atomic E-state index is 0. The van der Waals surface area contributed by atoms with Crippen molar-refractivity contribution in [1.29, 1.82) is 0 Å². The monoisotopic (exact) mass is 261 g/mol. The molecule has 0 aliphatic rings. The van der Waals surface area contributed by atoms with Gasteiger partial charge in [0, 0.05) is 29.6 Å². The average Bonchev–Trinajstić information content (AvgIpc) is 0. The molecule has 0 atom stereocenters. The molecule has 8 heteroatoms. The molecule has 1 radical (unpaired) electrons. The van der Waals surface area contributed by atoms with Gasteiger partial charge < -0.3 is 0 Å². The third kappa shape index (κ3) is 56.7. The fourth-order valence-corrected chi connectivity index (χ4v) is 0. The molecule has 0 amide bonds. The van der Waals surface area contributed by atoms with Crippen LogP contribution in [0.1, 0.15) is 0 Å². The summed E-state index contributed by atoms with van der Waals surface area (Å²) in [4.78, 5) is 0. The van der Waals surface area contributed by atoms with Gasteiger partial charge >= 0.3 is 0 Å². The molecule has 0 saturated carbocycles. The summed E-state index contributed by atoms with van der Waals surface area (Å²) < 4.78 is 0. The van der Waals surface area contributed by atoms with E-state index in [4.69, 9.17) is 0 Å². The second-order valence-electron chi connectivity index (χ2n) is 0. The van der Waals surface area contributed by atoms with Crippen LogP contribution in [-0.2, 0) is 0 Å². The molecule has 0 aliphatic carbocycles. The zero-order valence-electron chi connectivity index (χ0n) is 4.50. The van der Waals surface area contributed by atoms with Crippen LogP contribution in [0.3, 0.4) is 0 Å². The van der Waals surface area contributed by atoms with E-state index in [-0.39, 0.29) is 124 Å². The zero-order chi connectivity index (χ0) is 0. The first-order valence-corrected chi connectivity index (χ1v) is 0. The summed E-state index contributed by atoms with van der Waals surface area (Å²) >= 11 is 0. The Kier molecular flexibility index (Phi) is 1030. The first-order chi connectivity index (χ1) is 0. The first kappa shape index (κ1) is 105. The largest absolute Gasteiger partial charge is 0.197 e. The van der Waals surface area contributed by atoms with Gasteiger partial charge in [0.25, 0.3) is 0 Å². The summed E-state index contributed by atoms with van der Waals surface area (Å²) in [6.07, 6.45) is 0. The summed E-state index contributed by atoms with van der Waals surface area (Å²) in [5, 5.41) is 0. The molecule has 0 aromatic carbocycles. The molecular formula is H14NaS7. The minimum absolute atomic E-state index is 0. The minimum Gasteiger partial charge on any atom is -0.197 e. The Morgan fingerprint density at radius 3 is 0.250 bits per heavy atom. The Labute approximate surface area is 122 Å². The molecule has 0 bridgehead atoms. The molecule has 0 rings (SSSR count). The number of rotatable bonds is 0. The van der Waals surface area contributed by atoms with Crippen molar-refractivity contribution in [3.63, 3.8) is 0 Å². The van der Waals surface area contributed by atoms with Gasteiger partial charge in [0.2, 0.25) is 0 Å². The molecule has 0 saturated heterocycles. The predicted molar refractivity (Wildman–Crippen MR) is 78.4 cm³/mol. The van der Waals surface area contributed by atoms with Crippen LogP contribution in [0.25, 0.3) is 0 Å². The smallest absolute Gasteiger partial charge is 0 e. The van der Waals surface area contributed by atoms with E-state index in [1.165, 1.54) is 0 Å². The summed E-state index contributed by atoms with van der Waals surface area (Å²) in [5.41, 5.74) is 0. The average molecular weight is 262 g/mol. The SMILES string of the molecule is S.S.S.S.S.S.S.[Na]. The molecule has 8 heavy (non-hydrogen) atoms. The van der Waals surface area contributed by atoms with Crippen LogP contribution in [0.5, 0.6) is 0 Å². The van der Waals surface area contributed by atoms with Crippen molar-refractivity contribution >= 4 is 124 Å². The predicted octanol–water partition coefficient (Wildman–Crippen LogP) is 0.409. The van der Waals surface area contributed by atoms with Crippen molar-refractivity contribution in [2.24, 2.45) is 0 Å². The van der Waals surface area contributed by atoms with E-state index in [0.29, 0.717) is 0 Å². The first-order valence-electron chi connectivity index (χ1n) is 0. The molecule has 0 spiro atoms. The van der Waals surface area contributed by atoms with Gasteiger partial charge in [-0.3, -0.25) is 0 Å². The van der Waals surface area contributed by atoms with E-state index in [0.717, 1.165) is 0 Å². The zero-order valence-corrected chi connectivity index (χ0v) is 13.5. The Morgan fingerprint density at radius 2 is 0.250 bits per heavy atom. The van der Waals surface area contributed by atoms with Gasteiger partial charge in [-0.15, -0.1) is 0 Å². The van der Waals surface area contributed by atoms with Crippen molar-refractivity contribution in [2.75, 3.05) is 0 Å². The third-order valence-electron chi connectivity index (χ3n) is 0. The fraction of sp³-hybridized carbons (Fsp3) is 0. The maximum atomic E-state index is 0. The quantitative estimate of drug-likeness (QED) is 0.554. The van der Waals surface area contributed by atoms with E-state index in [2.05, 4.69) is 0 Å². The van der Waals surface area contributed by atoms with Gasteiger partial charge in [-0.2, -0.15) is 94.5 Å². The number of hydrogen-bond donors (Lipinski definition) is 0. The second-order valence-corrected chi connectivity index (χ2v) is 0. The maximum absolute atomic E-state index is 0. The molecular weight excluding hydrogens is 247 g/mol. The molecule has 0 aromatic heterocycles. The van der Waals surface area contributed by atoms with Gasteiger partial charge in [0.05, 0.1) is 0 Å². The van der Waals surface area contributed by atoms with E-state index < -0.39 is 0 Å². The fourth-order valence-electron chi connectivity index (χ4n) is 0. The second kappa shape index (κ2) is 78.4. The van der Waals surface area contributed by atoms with E-state index in [1.54, 1.807) is 0 Å². The molecule has 57 valence electrons. The van der Waals surface area contributed by atoms with Gasteiger partial charge in [-0.1, -0.05) is 0 Å². The van der Waals surface area contributed by atoms with Crippen molar-refractivity contribution in [3.8, 4) is 0 Å². The van der Waals surface area contributed by atoms with E-state index in [9.17, 15) is 0 Å². The standard InChI is InChI=1S/Na.7H2S/h;7*1H2. The van der Waals surface area contributed by atoms with Crippen LogP contribution in [0, 0.1) is 0 Å². The summed E-state index contributed by atoms with van der Waals surface area (Å²) in [5.74, 6) is 0. The molecule has 0 aliphatic heterocycles. The Hall–Kier alpha value is 3.45. The van der Waals surface area contributed by atoms with Crippen LogP contribution in [0.2, 0.25) is 0 Å². The molecule has 0 N–H and O–H groups in total. The van der Waals surface area contributed by atoms with Gasteiger partial charge in [0.1, 0.15) is 0 Å². The molecule has 0 heterocycles. The van der Waals surface area contributed by atoms with Crippen molar-refractivity contribution in [3.05, 3.63) is 0 Å². The molecule has 0 fully saturated rings. The van der Waals surface area contributed by atoms with Crippen LogP contribution in [-0.4, -0.2) is 29.6 Å². The van der Waals surface area contributed by atoms with Gasteiger partial charge in [-0.25, -0.2) is 0 Å². The third-order valence-corrected chi connectivity index (χ3v) is 0. The molecule has 0 nitrogen and oxygen atoms in total. The van der Waals surface area contributed by atoms with E-state index in [1.807, 2.05) is 0 Å².